The molecule has 1 fully saturated rings. The Kier molecular flexibility index (Phi) is 3.73. The van der Waals surface area contributed by atoms with E-state index in [2.05, 4.69) is 0 Å². The van der Waals surface area contributed by atoms with E-state index < -0.39 is 21.0 Å². The van der Waals surface area contributed by atoms with Gasteiger partial charge in [-0.1, -0.05) is 30.3 Å². The van der Waals surface area contributed by atoms with Crippen molar-refractivity contribution >= 4 is 10.1 Å². The van der Waals surface area contributed by atoms with Crippen molar-refractivity contribution in [2.24, 2.45) is 0 Å². The van der Waals surface area contributed by atoms with E-state index in [9.17, 15) is 12.8 Å². The first-order chi connectivity index (χ1) is 8.43. The smallest absolute Gasteiger partial charge is 0.270 e. The second-order valence-corrected chi connectivity index (χ2v) is 6.80. The lowest BCUT2D eigenvalue weighted by atomic mass is 10.0. The van der Waals surface area contributed by atoms with E-state index in [0.29, 0.717) is 25.7 Å². The summed E-state index contributed by atoms with van der Waals surface area (Å²) in [7, 11) is -4.11. The van der Waals surface area contributed by atoms with Gasteiger partial charge in [-0.25, -0.2) is 4.39 Å². The molecule has 0 aromatic heterocycles. The SMILES string of the molecule is O=S(=O)(O)C1(C[C@H](F)CCc2ccccc2)CC1. The number of aryl methyl sites for hydroxylation is 1. The van der Waals surface area contributed by atoms with Crippen LogP contribution in [0.15, 0.2) is 30.3 Å². The van der Waals surface area contributed by atoms with Gasteiger partial charge < -0.3 is 0 Å². The van der Waals surface area contributed by atoms with Crippen LogP contribution in [0.1, 0.15) is 31.2 Å². The van der Waals surface area contributed by atoms with Gasteiger partial charge in [-0.3, -0.25) is 4.55 Å². The maximum absolute atomic E-state index is 13.8. The minimum atomic E-state index is -4.11. The molecule has 1 aromatic carbocycles. The van der Waals surface area contributed by atoms with E-state index in [-0.39, 0.29) is 6.42 Å². The van der Waals surface area contributed by atoms with Gasteiger partial charge in [-0.2, -0.15) is 8.42 Å². The fraction of sp³-hybridized carbons (Fsp3) is 0.538. The molecule has 5 heteroatoms. The zero-order valence-electron chi connectivity index (χ0n) is 10.0. The molecule has 1 saturated carbocycles. The Morgan fingerprint density at radius 1 is 1.28 bits per heavy atom. The fourth-order valence-corrected chi connectivity index (χ4v) is 3.19. The van der Waals surface area contributed by atoms with Crippen molar-refractivity contribution in [2.45, 2.75) is 43.0 Å². The molecule has 0 bridgehead atoms. The van der Waals surface area contributed by atoms with Gasteiger partial charge in [0, 0.05) is 6.42 Å². The zero-order chi connectivity index (χ0) is 13.2. The fourth-order valence-electron chi connectivity index (χ4n) is 2.18. The van der Waals surface area contributed by atoms with Gasteiger partial charge >= 0.3 is 0 Å². The summed E-state index contributed by atoms with van der Waals surface area (Å²) in [5.74, 6) is 0. The number of hydrogen-bond acceptors (Lipinski definition) is 2. The van der Waals surface area contributed by atoms with Crippen LogP contribution < -0.4 is 0 Å². The number of alkyl halides is 1. The highest BCUT2D eigenvalue weighted by molar-refractivity contribution is 7.87. The third-order valence-corrected chi connectivity index (χ3v) is 5.21. The number of rotatable bonds is 6. The lowest BCUT2D eigenvalue weighted by molar-refractivity contribution is 0.283. The molecule has 2 rings (SSSR count). The molecule has 0 spiro atoms. The summed E-state index contributed by atoms with van der Waals surface area (Å²) in [5.41, 5.74) is 1.04. The first kappa shape index (κ1) is 13.5. The highest BCUT2D eigenvalue weighted by atomic mass is 32.2. The molecule has 1 aliphatic carbocycles. The summed E-state index contributed by atoms with van der Waals surface area (Å²) < 4.78 is 43.9. The maximum Gasteiger partial charge on any atom is 0.270 e. The first-order valence-corrected chi connectivity index (χ1v) is 7.52. The molecule has 0 heterocycles. The second kappa shape index (κ2) is 4.97. The Morgan fingerprint density at radius 2 is 1.89 bits per heavy atom. The van der Waals surface area contributed by atoms with Crippen LogP contribution in [0.5, 0.6) is 0 Å². The molecule has 1 N–H and O–H groups in total. The largest absolute Gasteiger partial charge is 0.285 e. The van der Waals surface area contributed by atoms with Crippen LogP contribution in [0.25, 0.3) is 0 Å². The van der Waals surface area contributed by atoms with E-state index in [1.54, 1.807) is 0 Å². The van der Waals surface area contributed by atoms with Crippen molar-refractivity contribution in [3.05, 3.63) is 35.9 Å². The van der Waals surface area contributed by atoms with Crippen LogP contribution in [0, 0.1) is 0 Å². The van der Waals surface area contributed by atoms with Crippen molar-refractivity contribution in [1.29, 1.82) is 0 Å². The van der Waals surface area contributed by atoms with E-state index in [4.69, 9.17) is 4.55 Å². The molecule has 0 radical (unpaired) electrons. The van der Waals surface area contributed by atoms with E-state index in [0.717, 1.165) is 5.56 Å². The summed E-state index contributed by atoms with van der Waals surface area (Å²) in [6.45, 7) is 0. The highest BCUT2D eigenvalue weighted by Gasteiger charge is 2.55. The Bertz CT molecular complexity index is 494. The molecule has 100 valence electrons. The van der Waals surface area contributed by atoms with Crippen molar-refractivity contribution < 1.29 is 17.4 Å². The molecule has 1 aliphatic rings. The summed E-state index contributed by atoms with van der Waals surface area (Å²) >= 11 is 0. The number of halogens is 1. The molecular weight excluding hydrogens is 255 g/mol. The summed E-state index contributed by atoms with van der Waals surface area (Å²) in [6, 6.07) is 9.52. The van der Waals surface area contributed by atoms with Gasteiger partial charge in [0.15, 0.2) is 0 Å². The van der Waals surface area contributed by atoms with Crippen LogP contribution in [-0.2, 0) is 16.5 Å². The Balaban J connectivity index is 1.85. The molecule has 1 aromatic rings. The minimum Gasteiger partial charge on any atom is -0.285 e. The topological polar surface area (TPSA) is 54.4 Å². The molecule has 1 atom stereocenters. The van der Waals surface area contributed by atoms with Gasteiger partial charge in [0.2, 0.25) is 0 Å². The Labute approximate surface area is 107 Å². The number of benzene rings is 1. The third kappa shape index (κ3) is 3.09. The summed E-state index contributed by atoms with van der Waals surface area (Å²) in [5, 5.41) is 0. The van der Waals surface area contributed by atoms with Crippen molar-refractivity contribution in [3.8, 4) is 0 Å². The number of hydrogen-bond donors (Lipinski definition) is 1. The normalized spacial score (nSPS) is 19.4. The minimum absolute atomic E-state index is 0.0847. The van der Waals surface area contributed by atoms with Crippen molar-refractivity contribution in [1.82, 2.24) is 0 Å². The van der Waals surface area contributed by atoms with Gasteiger partial charge in [-0.05, 0) is 31.2 Å². The third-order valence-electron chi connectivity index (χ3n) is 3.54. The maximum atomic E-state index is 13.8. The van der Waals surface area contributed by atoms with E-state index in [1.807, 2.05) is 30.3 Å². The summed E-state index contributed by atoms with van der Waals surface area (Å²) in [6.07, 6.45) is 0.355. The second-order valence-electron chi connectivity index (χ2n) is 4.98. The average Bonchev–Trinajstić information content (AvgIpc) is 3.08. The monoisotopic (exact) mass is 272 g/mol. The highest BCUT2D eigenvalue weighted by Crippen LogP contribution is 2.47. The average molecular weight is 272 g/mol. The predicted molar refractivity (Wildman–Crippen MR) is 67.8 cm³/mol. The van der Waals surface area contributed by atoms with Gasteiger partial charge in [0.1, 0.15) is 10.9 Å². The molecule has 0 aliphatic heterocycles. The molecule has 0 saturated heterocycles. The lowest BCUT2D eigenvalue weighted by Gasteiger charge is -2.15. The predicted octanol–water partition coefficient (Wildman–Crippen LogP) is 2.77. The van der Waals surface area contributed by atoms with Crippen molar-refractivity contribution in [3.63, 3.8) is 0 Å². The summed E-state index contributed by atoms with van der Waals surface area (Å²) in [4.78, 5) is 0. The van der Waals surface area contributed by atoms with Crippen molar-refractivity contribution in [2.75, 3.05) is 0 Å². The Morgan fingerprint density at radius 3 is 2.39 bits per heavy atom. The Hall–Kier alpha value is -0.940. The van der Waals surface area contributed by atoms with Crippen LogP contribution in [0.2, 0.25) is 0 Å². The lowest BCUT2D eigenvalue weighted by Crippen LogP contribution is -2.26. The van der Waals surface area contributed by atoms with Crippen LogP contribution >= 0.6 is 0 Å². The quantitative estimate of drug-likeness (QED) is 0.810. The van der Waals surface area contributed by atoms with Gasteiger partial charge in [-0.15, -0.1) is 0 Å². The molecular formula is C13H17FO3S. The molecule has 0 amide bonds. The van der Waals surface area contributed by atoms with Crippen LogP contribution in [0.3, 0.4) is 0 Å². The van der Waals surface area contributed by atoms with Gasteiger partial charge in [0.05, 0.1) is 0 Å². The van der Waals surface area contributed by atoms with E-state index in [1.165, 1.54) is 0 Å². The van der Waals surface area contributed by atoms with E-state index >= 15 is 0 Å². The van der Waals surface area contributed by atoms with Crippen LogP contribution in [0.4, 0.5) is 4.39 Å². The van der Waals surface area contributed by atoms with Gasteiger partial charge in [0.25, 0.3) is 10.1 Å². The standard InChI is InChI=1S/C13H17FO3S/c14-12(7-6-11-4-2-1-3-5-11)10-13(8-9-13)18(15,16)17/h1-5,12H,6-10H2,(H,15,16,17)/t12-/m1/s1. The molecule has 18 heavy (non-hydrogen) atoms. The molecule has 3 nitrogen and oxygen atoms in total. The zero-order valence-corrected chi connectivity index (χ0v) is 10.9. The first-order valence-electron chi connectivity index (χ1n) is 6.08. The molecule has 0 unspecified atom stereocenters. The van der Waals surface area contributed by atoms with Crippen LogP contribution in [-0.4, -0.2) is 23.9 Å².